The van der Waals surface area contributed by atoms with Crippen LogP contribution >= 0.6 is 23.4 Å². The number of aromatic nitrogens is 5. The molecule has 2 aromatic heterocycles. The molecule has 0 spiro atoms. The number of anilines is 1. The number of nitrogens with zero attached hydrogens (tertiary/aromatic N) is 5. The van der Waals surface area contributed by atoms with Crippen LogP contribution in [0.15, 0.2) is 58.5 Å². The summed E-state index contributed by atoms with van der Waals surface area (Å²) in [6.07, 6.45) is 0. The van der Waals surface area contributed by atoms with Crippen LogP contribution in [0.3, 0.4) is 0 Å². The molecule has 0 saturated heterocycles. The molecule has 0 aliphatic carbocycles. The Morgan fingerprint density at radius 2 is 1.86 bits per heavy atom. The topological polar surface area (TPSA) is 96.0 Å². The normalized spacial score (nSPS) is 11.0. The van der Waals surface area contributed by atoms with E-state index < -0.39 is 0 Å². The van der Waals surface area contributed by atoms with Crippen LogP contribution in [0.25, 0.3) is 5.69 Å². The second kappa shape index (κ2) is 10.4. The summed E-state index contributed by atoms with van der Waals surface area (Å²) in [6.45, 7) is 3.92. The largest absolute Gasteiger partial charge is 0.486 e. The van der Waals surface area contributed by atoms with Crippen LogP contribution in [-0.4, -0.2) is 35.8 Å². The second-order valence-electron chi connectivity index (χ2n) is 7.93. The van der Waals surface area contributed by atoms with Crippen LogP contribution in [0, 0.1) is 13.8 Å². The SMILES string of the molecule is Cc1cc(OCc2nnc(SCC(=O)Nc3c(C)n(C)n(-c4ccccc4)c3=O)n2C)ccc1Cl. The molecule has 0 fully saturated rings. The van der Waals surface area contributed by atoms with Crippen LogP contribution in [0.4, 0.5) is 5.69 Å². The molecule has 182 valence electrons. The van der Waals surface area contributed by atoms with Gasteiger partial charge in [0.05, 0.1) is 17.1 Å². The van der Waals surface area contributed by atoms with Crippen molar-refractivity contribution in [3.05, 3.63) is 81.0 Å². The van der Waals surface area contributed by atoms with E-state index >= 15 is 0 Å². The summed E-state index contributed by atoms with van der Waals surface area (Å²) in [4.78, 5) is 25.6. The van der Waals surface area contributed by atoms with Crippen LogP contribution in [-0.2, 0) is 25.5 Å². The van der Waals surface area contributed by atoms with Gasteiger partial charge in [-0.3, -0.25) is 14.3 Å². The highest BCUT2D eigenvalue weighted by Crippen LogP contribution is 2.22. The van der Waals surface area contributed by atoms with Gasteiger partial charge in [0.25, 0.3) is 5.56 Å². The number of rotatable bonds is 8. The summed E-state index contributed by atoms with van der Waals surface area (Å²) in [6, 6.07) is 14.7. The number of nitrogens with one attached hydrogen (secondary N) is 1. The van der Waals surface area contributed by atoms with Gasteiger partial charge < -0.3 is 14.6 Å². The number of aryl methyl sites for hydroxylation is 1. The standard InChI is InChI=1S/C24H25ClN6O3S/c1-15-12-18(10-11-19(15)25)34-13-20-27-28-24(29(20)3)35-14-21(32)26-22-16(2)30(4)31(23(22)33)17-8-6-5-7-9-17/h5-12H,13-14H2,1-4H3,(H,26,32). The van der Waals surface area contributed by atoms with Gasteiger partial charge in [-0.05, 0) is 49.7 Å². The van der Waals surface area contributed by atoms with Crippen molar-refractivity contribution in [1.29, 1.82) is 0 Å². The average Bonchev–Trinajstić information content (AvgIpc) is 3.30. The molecule has 0 bridgehead atoms. The number of thioether (sulfide) groups is 1. The molecular weight excluding hydrogens is 488 g/mol. The maximum atomic E-state index is 13.0. The van der Waals surface area contributed by atoms with Crippen LogP contribution in [0.1, 0.15) is 17.1 Å². The third kappa shape index (κ3) is 5.28. The number of hydrogen-bond donors (Lipinski definition) is 1. The van der Waals surface area contributed by atoms with Crippen molar-refractivity contribution in [3.8, 4) is 11.4 Å². The highest BCUT2D eigenvalue weighted by molar-refractivity contribution is 7.99. The van der Waals surface area contributed by atoms with Gasteiger partial charge in [-0.1, -0.05) is 41.6 Å². The fraction of sp³-hybridized carbons (Fsp3) is 0.250. The highest BCUT2D eigenvalue weighted by Gasteiger charge is 2.19. The van der Waals surface area contributed by atoms with Crippen LogP contribution in [0.2, 0.25) is 5.02 Å². The quantitative estimate of drug-likeness (QED) is 0.360. The van der Waals surface area contributed by atoms with E-state index in [1.807, 2.05) is 50.4 Å². The zero-order valence-electron chi connectivity index (χ0n) is 19.8. The molecule has 1 N–H and O–H groups in total. The zero-order chi connectivity index (χ0) is 25.1. The summed E-state index contributed by atoms with van der Waals surface area (Å²) >= 11 is 7.28. The van der Waals surface area contributed by atoms with Gasteiger partial charge in [0, 0.05) is 19.1 Å². The predicted molar refractivity (Wildman–Crippen MR) is 137 cm³/mol. The fourth-order valence-electron chi connectivity index (χ4n) is 3.47. The molecule has 2 heterocycles. The molecular formula is C24H25ClN6O3S. The number of halogens is 1. The minimum atomic E-state index is -0.307. The Labute approximate surface area is 211 Å². The van der Waals surface area contributed by atoms with Crippen molar-refractivity contribution in [1.82, 2.24) is 24.1 Å². The minimum Gasteiger partial charge on any atom is -0.486 e. The number of benzene rings is 2. The van der Waals surface area contributed by atoms with Gasteiger partial charge in [0.2, 0.25) is 5.91 Å². The molecule has 0 atom stereocenters. The lowest BCUT2D eigenvalue weighted by molar-refractivity contribution is -0.113. The van der Waals surface area contributed by atoms with E-state index in [4.69, 9.17) is 16.3 Å². The van der Waals surface area contributed by atoms with E-state index in [0.29, 0.717) is 27.4 Å². The molecule has 0 saturated carbocycles. The monoisotopic (exact) mass is 512 g/mol. The van der Waals surface area contributed by atoms with Crippen molar-refractivity contribution < 1.29 is 9.53 Å². The van der Waals surface area contributed by atoms with Crippen molar-refractivity contribution in [3.63, 3.8) is 0 Å². The second-order valence-corrected chi connectivity index (χ2v) is 9.28. The summed E-state index contributed by atoms with van der Waals surface area (Å²) in [5.74, 6) is 1.06. The van der Waals surface area contributed by atoms with Crippen molar-refractivity contribution >= 4 is 35.0 Å². The zero-order valence-corrected chi connectivity index (χ0v) is 21.4. The number of hydrogen-bond acceptors (Lipinski definition) is 6. The number of amides is 1. The molecule has 0 radical (unpaired) electrons. The van der Waals surface area contributed by atoms with E-state index in [9.17, 15) is 9.59 Å². The first kappa shape index (κ1) is 24.6. The number of carbonyl (C=O) groups excluding carboxylic acids is 1. The fourth-order valence-corrected chi connectivity index (χ4v) is 4.32. The maximum absolute atomic E-state index is 13.0. The molecule has 11 heteroatoms. The van der Waals surface area contributed by atoms with Gasteiger partial charge in [0.15, 0.2) is 11.0 Å². The van der Waals surface area contributed by atoms with Crippen molar-refractivity contribution in [2.75, 3.05) is 11.1 Å². The van der Waals surface area contributed by atoms with Gasteiger partial charge in [-0.25, -0.2) is 4.68 Å². The summed E-state index contributed by atoms with van der Waals surface area (Å²) < 4.78 is 10.8. The first-order chi connectivity index (χ1) is 16.8. The van der Waals surface area contributed by atoms with Crippen molar-refractivity contribution in [2.45, 2.75) is 25.6 Å². The first-order valence-electron chi connectivity index (χ1n) is 10.8. The minimum absolute atomic E-state index is 0.0717. The van der Waals surface area contributed by atoms with Gasteiger partial charge in [-0.2, -0.15) is 0 Å². The Bertz CT molecular complexity index is 1430. The smallest absolute Gasteiger partial charge is 0.295 e. The molecule has 1 amide bonds. The highest BCUT2D eigenvalue weighted by atomic mass is 35.5. The molecule has 0 aliphatic rings. The van der Waals surface area contributed by atoms with E-state index in [2.05, 4.69) is 15.5 Å². The van der Waals surface area contributed by atoms with Crippen LogP contribution in [0.5, 0.6) is 5.75 Å². The Morgan fingerprint density at radius 3 is 2.57 bits per heavy atom. The van der Waals surface area contributed by atoms with Gasteiger partial charge in [-0.15, -0.1) is 10.2 Å². The van der Waals surface area contributed by atoms with Gasteiger partial charge >= 0.3 is 0 Å². The Hall–Kier alpha value is -3.50. The summed E-state index contributed by atoms with van der Waals surface area (Å²) in [5, 5.41) is 12.3. The van der Waals surface area contributed by atoms with E-state index in [1.54, 1.807) is 35.4 Å². The predicted octanol–water partition coefficient (Wildman–Crippen LogP) is 3.88. The Morgan fingerprint density at radius 1 is 1.11 bits per heavy atom. The average molecular weight is 513 g/mol. The van der Waals surface area contributed by atoms with E-state index in [1.165, 1.54) is 16.4 Å². The lowest BCUT2D eigenvalue weighted by Gasteiger charge is -2.08. The van der Waals surface area contributed by atoms with E-state index in [-0.39, 0.29) is 29.5 Å². The molecule has 2 aromatic carbocycles. The third-order valence-corrected chi connectivity index (χ3v) is 7.02. The molecule has 4 rings (SSSR count). The molecule has 0 aliphatic heterocycles. The number of carbonyl (C=O) groups is 1. The lowest BCUT2D eigenvalue weighted by Crippen LogP contribution is -2.23. The molecule has 4 aromatic rings. The molecule has 35 heavy (non-hydrogen) atoms. The lowest BCUT2D eigenvalue weighted by atomic mass is 10.2. The Balaban J connectivity index is 1.39. The van der Waals surface area contributed by atoms with E-state index in [0.717, 1.165) is 11.3 Å². The first-order valence-corrected chi connectivity index (χ1v) is 12.2. The maximum Gasteiger partial charge on any atom is 0.295 e. The summed E-state index contributed by atoms with van der Waals surface area (Å²) in [7, 11) is 3.59. The van der Waals surface area contributed by atoms with Crippen LogP contribution < -0.4 is 15.6 Å². The number of para-hydroxylation sites is 1. The Kier molecular flexibility index (Phi) is 7.32. The molecule has 0 unspecified atom stereocenters. The molecule has 9 nitrogen and oxygen atoms in total. The number of ether oxygens (including phenoxy) is 1. The van der Waals surface area contributed by atoms with Crippen molar-refractivity contribution in [2.24, 2.45) is 14.1 Å². The third-order valence-electron chi connectivity index (χ3n) is 5.57. The summed E-state index contributed by atoms with van der Waals surface area (Å²) in [5.41, 5.74) is 2.28. The van der Waals surface area contributed by atoms with Gasteiger partial charge in [0.1, 0.15) is 18.0 Å².